The van der Waals surface area contributed by atoms with Crippen molar-refractivity contribution in [3.8, 4) is 0 Å². The molecule has 0 spiro atoms. The maximum atomic E-state index is 5.46. The molecule has 0 aromatic rings. The number of aliphatic imine (C=N–C) groups is 1. The topological polar surface area (TPSA) is 33.6 Å². The van der Waals surface area contributed by atoms with Crippen LogP contribution in [0.15, 0.2) is 4.99 Å². The van der Waals surface area contributed by atoms with Gasteiger partial charge in [0.2, 0.25) is 0 Å². The van der Waals surface area contributed by atoms with Crippen LogP contribution in [0.5, 0.6) is 0 Å². The Hall–Kier alpha value is -0.220. The van der Waals surface area contributed by atoms with E-state index in [4.69, 9.17) is 9.73 Å². The summed E-state index contributed by atoms with van der Waals surface area (Å²) < 4.78 is 5.46. The van der Waals surface area contributed by atoms with Crippen LogP contribution in [-0.2, 0) is 4.74 Å². The molecule has 17 heavy (non-hydrogen) atoms. The van der Waals surface area contributed by atoms with Crippen LogP contribution in [0, 0.1) is 5.41 Å². The summed E-state index contributed by atoms with van der Waals surface area (Å²) in [4.78, 5) is 4.75. The van der Waals surface area contributed by atoms with Gasteiger partial charge in [0, 0.05) is 18.9 Å². The standard InChI is InChI=1S/C13H24N2OS/c1-4-13(5-2)8-14-11(17-10-13)15-12(3)6-7-16-9-12/h4-10H2,1-3H3,(H,14,15). The number of hydrogen-bond donors (Lipinski definition) is 1. The fourth-order valence-electron chi connectivity index (χ4n) is 2.33. The molecule has 1 unspecified atom stereocenters. The first kappa shape index (κ1) is 13.2. The van der Waals surface area contributed by atoms with Crippen LogP contribution in [0.3, 0.4) is 0 Å². The number of nitrogens with zero attached hydrogens (tertiary/aromatic N) is 1. The summed E-state index contributed by atoms with van der Waals surface area (Å²) in [6.07, 6.45) is 3.54. The molecule has 2 aliphatic heterocycles. The van der Waals surface area contributed by atoms with Crippen LogP contribution >= 0.6 is 11.8 Å². The Bertz CT molecular complexity index is 294. The minimum atomic E-state index is 0.101. The van der Waals surface area contributed by atoms with Crippen molar-refractivity contribution in [3.63, 3.8) is 0 Å². The molecule has 1 N–H and O–H groups in total. The van der Waals surface area contributed by atoms with Crippen molar-refractivity contribution in [2.75, 3.05) is 25.5 Å². The Balaban J connectivity index is 1.94. The van der Waals surface area contributed by atoms with E-state index in [1.54, 1.807) is 0 Å². The predicted octanol–water partition coefficient (Wildman–Crippen LogP) is 2.66. The van der Waals surface area contributed by atoms with Gasteiger partial charge in [-0.1, -0.05) is 25.6 Å². The van der Waals surface area contributed by atoms with Crippen LogP contribution in [0.4, 0.5) is 0 Å². The molecular weight excluding hydrogens is 232 g/mol. The molecule has 2 heterocycles. The molecule has 0 aromatic carbocycles. The molecular formula is C13H24N2OS. The zero-order valence-electron chi connectivity index (χ0n) is 11.2. The molecule has 1 saturated heterocycles. The van der Waals surface area contributed by atoms with Crippen molar-refractivity contribution in [2.45, 2.75) is 45.6 Å². The summed E-state index contributed by atoms with van der Waals surface area (Å²) in [5.41, 5.74) is 0.535. The van der Waals surface area contributed by atoms with Gasteiger partial charge in [0.25, 0.3) is 0 Å². The van der Waals surface area contributed by atoms with E-state index in [2.05, 4.69) is 26.1 Å². The lowest BCUT2D eigenvalue weighted by Crippen LogP contribution is -2.47. The second-order valence-electron chi connectivity index (χ2n) is 5.61. The van der Waals surface area contributed by atoms with E-state index in [1.165, 1.54) is 18.6 Å². The monoisotopic (exact) mass is 256 g/mol. The lowest BCUT2D eigenvalue weighted by Gasteiger charge is -2.35. The highest BCUT2D eigenvalue weighted by atomic mass is 32.2. The highest BCUT2D eigenvalue weighted by molar-refractivity contribution is 8.13. The number of thioether (sulfide) groups is 1. The van der Waals surface area contributed by atoms with E-state index in [1.807, 2.05) is 11.8 Å². The van der Waals surface area contributed by atoms with Gasteiger partial charge < -0.3 is 10.1 Å². The van der Waals surface area contributed by atoms with Crippen molar-refractivity contribution in [2.24, 2.45) is 10.4 Å². The Kier molecular flexibility index (Phi) is 4.03. The second kappa shape index (κ2) is 5.19. The number of ether oxygens (including phenoxy) is 1. The Morgan fingerprint density at radius 1 is 1.41 bits per heavy atom. The lowest BCUT2D eigenvalue weighted by atomic mass is 9.84. The minimum absolute atomic E-state index is 0.101. The van der Waals surface area contributed by atoms with Crippen LogP contribution in [0.25, 0.3) is 0 Å². The van der Waals surface area contributed by atoms with Crippen molar-refractivity contribution in [3.05, 3.63) is 0 Å². The molecule has 2 aliphatic rings. The third-order valence-corrected chi connectivity index (χ3v) is 5.46. The van der Waals surface area contributed by atoms with Gasteiger partial charge in [-0.3, -0.25) is 4.99 Å². The molecule has 0 amide bonds. The molecule has 98 valence electrons. The molecule has 0 bridgehead atoms. The molecule has 0 aromatic heterocycles. The maximum absolute atomic E-state index is 5.46. The summed E-state index contributed by atoms with van der Waals surface area (Å²) in [6, 6.07) is 0. The van der Waals surface area contributed by atoms with Crippen molar-refractivity contribution < 1.29 is 4.74 Å². The van der Waals surface area contributed by atoms with Crippen molar-refractivity contribution in [1.82, 2.24) is 5.32 Å². The summed E-state index contributed by atoms with van der Waals surface area (Å²) in [5, 5.41) is 4.69. The van der Waals surface area contributed by atoms with Crippen LogP contribution in [0.2, 0.25) is 0 Å². The molecule has 1 fully saturated rings. The molecule has 1 atom stereocenters. The molecule has 2 rings (SSSR count). The quantitative estimate of drug-likeness (QED) is 0.843. The van der Waals surface area contributed by atoms with Crippen molar-refractivity contribution in [1.29, 1.82) is 0 Å². The van der Waals surface area contributed by atoms with E-state index in [0.29, 0.717) is 5.41 Å². The third kappa shape index (κ3) is 2.97. The Labute approximate surface area is 109 Å². The third-order valence-electron chi connectivity index (χ3n) is 4.20. The van der Waals surface area contributed by atoms with E-state index < -0.39 is 0 Å². The fraction of sp³-hybridized carbons (Fsp3) is 0.923. The lowest BCUT2D eigenvalue weighted by molar-refractivity contribution is 0.177. The number of nitrogens with one attached hydrogen (secondary N) is 1. The van der Waals surface area contributed by atoms with Crippen LogP contribution in [0.1, 0.15) is 40.0 Å². The molecule has 0 saturated carbocycles. The number of rotatable bonds is 3. The zero-order chi connectivity index (χ0) is 12.4. The fourth-order valence-corrected chi connectivity index (χ4v) is 3.75. The zero-order valence-corrected chi connectivity index (χ0v) is 12.0. The molecule has 3 nitrogen and oxygen atoms in total. The van der Waals surface area contributed by atoms with Gasteiger partial charge >= 0.3 is 0 Å². The summed E-state index contributed by atoms with van der Waals surface area (Å²) >= 11 is 1.89. The highest BCUT2D eigenvalue weighted by Crippen LogP contribution is 2.35. The minimum Gasteiger partial charge on any atom is -0.379 e. The molecule has 0 radical (unpaired) electrons. The second-order valence-corrected chi connectivity index (χ2v) is 6.57. The Morgan fingerprint density at radius 2 is 2.18 bits per heavy atom. The normalized spacial score (nSPS) is 32.3. The van der Waals surface area contributed by atoms with E-state index in [-0.39, 0.29) is 5.54 Å². The largest absolute Gasteiger partial charge is 0.379 e. The van der Waals surface area contributed by atoms with E-state index in [0.717, 1.165) is 31.3 Å². The van der Waals surface area contributed by atoms with Gasteiger partial charge in [0.05, 0.1) is 12.1 Å². The van der Waals surface area contributed by atoms with Crippen molar-refractivity contribution >= 4 is 16.9 Å². The molecule has 0 aliphatic carbocycles. The van der Waals surface area contributed by atoms with Gasteiger partial charge in [-0.05, 0) is 31.6 Å². The van der Waals surface area contributed by atoms with E-state index >= 15 is 0 Å². The maximum Gasteiger partial charge on any atom is 0.157 e. The smallest absolute Gasteiger partial charge is 0.157 e. The van der Waals surface area contributed by atoms with E-state index in [9.17, 15) is 0 Å². The summed E-state index contributed by atoms with van der Waals surface area (Å²) in [6.45, 7) is 9.44. The summed E-state index contributed by atoms with van der Waals surface area (Å²) in [5.74, 6) is 1.20. The van der Waals surface area contributed by atoms with Gasteiger partial charge in [0.15, 0.2) is 5.17 Å². The first-order chi connectivity index (χ1) is 8.11. The van der Waals surface area contributed by atoms with Gasteiger partial charge in [-0.2, -0.15) is 0 Å². The van der Waals surface area contributed by atoms with Crippen LogP contribution in [-0.4, -0.2) is 36.2 Å². The average Bonchev–Trinajstić information content (AvgIpc) is 2.77. The average molecular weight is 256 g/mol. The first-order valence-corrected chi connectivity index (χ1v) is 7.63. The SMILES string of the molecule is CCC1(CC)CN=C(NC2(C)CCOC2)SC1. The molecule has 4 heteroatoms. The van der Waals surface area contributed by atoms with Crippen LogP contribution < -0.4 is 5.32 Å². The predicted molar refractivity (Wildman–Crippen MR) is 74.8 cm³/mol. The summed E-state index contributed by atoms with van der Waals surface area (Å²) in [7, 11) is 0. The van der Waals surface area contributed by atoms with Gasteiger partial charge in [0.1, 0.15) is 0 Å². The number of hydrogen-bond acceptors (Lipinski definition) is 4. The number of amidine groups is 1. The Morgan fingerprint density at radius 3 is 2.65 bits per heavy atom. The van der Waals surface area contributed by atoms with Gasteiger partial charge in [-0.25, -0.2) is 0 Å². The first-order valence-electron chi connectivity index (χ1n) is 6.65. The van der Waals surface area contributed by atoms with Gasteiger partial charge in [-0.15, -0.1) is 0 Å². The highest BCUT2D eigenvalue weighted by Gasteiger charge is 2.34.